The lowest BCUT2D eigenvalue weighted by Gasteiger charge is -2.42. The number of likely N-dealkylation sites (tertiary alicyclic amines) is 1. The molecule has 136 valence electrons. The summed E-state index contributed by atoms with van der Waals surface area (Å²) < 4.78 is 0. The van der Waals surface area contributed by atoms with Gasteiger partial charge in [0, 0.05) is 31.2 Å². The Bertz CT molecular complexity index is 755. The van der Waals surface area contributed by atoms with Gasteiger partial charge in [-0.1, -0.05) is 54.1 Å². The highest BCUT2D eigenvalue weighted by atomic mass is 35.5. The topological polar surface area (TPSA) is 35.6 Å². The van der Waals surface area contributed by atoms with Gasteiger partial charge in [-0.05, 0) is 36.1 Å². The fourth-order valence-corrected chi connectivity index (χ4v) is 4.24. The molecule has 4 rings (SSSR count). The Morgan fingerprint density at radius 2 is 1.58 bits per heavy atom. The van der Waals surface area contributed by atoms with Crippen molar-refractivity contribution >= 4 is 17.5 Å². The zero-order valence-electron chi connectivity index (χ0n) is 14.8. The van der Waals surface area contributed by atoms with E-state index in [4.69, 9.17) is 11.6 Å². The summed E-state index contributed by atoms with van der Waals surface area (Å²) in [7, 11) is 0. The van der Waals surface area contributed by atoms with Crippen LogP contribution >= 0.6 is 11.6 Å². The van der Waals surface area contributed by atoms with Crippen LogP contribution in [0.15, 0.2) is 54.6 Å². The van der Waals surface area contributed by atoms with Crippen LogP contribution in [-0.2, 0) is 17.9 Å². The predicted octanol–water partition coefficient (Wildman–Crippen LogP) is 3.26. The first-order valence-corrected chi connectivity index (χ1v) is 9.58. The Morgan fingerprint density at radius 1 is 0.923 bits per heavy atom. The highest BCUT2D eigenvalue weighted by Gasteiger charge is 2.49. The van der Waals surface area contributed by atoms with E-state index in [9.17, 15) is 4.79 Å². The molecule has 0 radical (unpaired) electrons. The first-order valence-electron chi connectivity index (χ1n) is 9.20. The number of piperidine rings is 1. The van der Waals surface area contributed by atoms with E-state index in [1.165, 1.54) is 11.1 Å². The molecule has 0 aromatic heterocycles. The molecule has 0 bridgehead atoms. The highest BCUT2D eigenvalue weighted by molar-refractivity contribution is 6.30. The largest absolute Gasteiger partial charge is 0.342 e. The summed E-state index contributed by atoms with van der Waals surface area (Å²) in [6.45, 7) is 4.24. The molecule has 2 aromatic carbocycles. The van der Waals surface area contributed by atoms with Crippen molar-refractivity contribution in [2.75, 3.05) is 19.8 Å². The van der Waals surface area contributed by atoms with Crippen LogP contribution in [-0.4, -0.2) is 41.0 Å². The number of halogens is 1. The van der Waals surface area contributed by atoms with Crippen LogP contribution in [0.3, 0.4) is 0 Å². The van der Waals surface area contributed by atoms with Gasteiger partial charge in [0.1, 0.15) is 5.54 Å². The normalized spacial score (nSPS) is 20.4. The monoisotopic (exact) mass is 369 g/mol. The lowest BCUT2D eigenvalue weighted by Crippen LogP contribution is -2.55. The molecule has 5 heteroatoms. The van der Waals surface area contributed by atoms with Crippen LogP contribution in [0.4, 0.5) is 0 Å². The van der Waals surface area contributed by atoms with Crippen LogP contribution < -0.4 is 5.32 Å². The Kier molecular flexibility index (Phi) is 4.98. The maximum absolute atomic E-state index is 12.7. The molecule has 26 heavy (non-hydrogen) atoms. The van der Waals surface area contributed by atoms with E-state index >= 15 is 0 Å². The van der Waals surface area contributed by atoms with Gasteiger partial charge in [-0.25, -0.2) is 0 Å². The average molecular weight is 370 g/mol. The van der Waals surface area contributed by atoms with Gasteiger partial charge in [0.2, 0.25) is 5.91 Å². The van der Waals surface area contributed by atoms with Crippen molar-refractivity contribution in [1.82, 2.24) is 15.1 Å². The van der Waals surface area contributed by atoms with Crippen LogP contribution in [0, 0.1) is 0 Å². The minimum Gasteiger partial charge on any atom is -0.342 e. The Hall–Kier alpha value is -1.88. The third-order valence-electron chi connectivity index (χ3n) is 5.68. The maximum atomic E-state index is 12.7. The first-order chi connectivity index (χ1) is 12.7. The molecule has 4 nitrogen and oxygen atoms in total. The van der Waals surface area contributed by atoms with Crippen molar-refractivity contribution < 1.29 is 4.79 Å². The SMILES string of the molecule is O=C1NCN(Cc2ccc(Cl)cc2)C12CCN(Cc1ccccc1)CC2. The molecule has 1 N–H and O–H groups in total. The number of benzene rings is 2. The van der Waals surface area contributed by atoms with Crippen LogP contribution in [0.5, 0.6) is 0 Å². The van der Waals surface area contributed by atoms with E-state index in [1.807, 2.05) is 30.3 Å². The van der Waals surface area contributed by atoms with Crippen molar-refractivity contribution in [1.29, 1.82) is 0 Å². The molecule has 0 saturated carbocycles. The zero-order valence-corrected chi connectivity index (χ0v) is 15.6. The first kappa shape index (κ1) is 17.5. The number of rotatable bonds is 4. The lowest BCUT2D eigenvalue weighted by molar-refractivity contribution is -0.129. The molecule has 2 aliphatic heterocycles. The molecule has 2 heterocycles. The molecule has 2 saturated heterocycles. The summed E-state index contributed by atoms with van der Waals surface area (Å²) in [6, 6.07) is 18.5. The number of nitrogens with zero attached hydrogens (tertiary/aromatic N) is 2. The number of hydrogen-bond donors (Lipinski definition) is 1. The van der Waals surface area contributed by atoms with E-state index in [1.54, 1.807) is 0 Å². The molecule has 1 spiro atoms. The summed E-state index contributed by atoms with van der Waals surface area (Å²) in [5, 5.41) is 3.81. The molecule has 1 amide bonds. The second kappa shape index (κ2) is 7.39. The van der Waals surface area contributed by atoms with Crippen LogP contribution in [0.2, 0.25) is 5.02 Å². The fourth-order valence-electron chi connectivity index (χ4n) is 4.11. The second-order valence-corrected chi connectivity index (χ2v) is 7.72. The lowest BCUT2D eigenvalue weighted by atomic mass is 9.85. The smallest absolute Gasteiger partial charge is 0.241 e. The Morgan fingerprint density at radius 3 is 2.27 bits per heavy atom. The predicted molar refractivity (Wildman–Crippen MR) is 104 cm³/mol. The third-order valence-corrected chi connectivity index (χ3v) is 5.93. The summed E-state index contributed by atoms with van der Waals surface area (Å²) in [4.78, 5) is 17.4. The Labute approximate surface area is 159 Å². The van der Waals surface area contributed by atoms with Crippen molar-refractivity contribution in [2.45, 2.75) is 31.5 Å². The van der Waals surface area contributed by atoms with Gasteiger partial charge in [0.15, 0.2) is 0 Å². The standard InChI is InChI=1S/C21H24ClN3O/c22-19-8-6-18(7-9-19)15-25-16-23-20(26)21(25)10-12-24(13-11-21)14-17-4-2-1-3-5-17/h1-9H,10-16H2,(H,23,26). The molecule has 0 atom stereocenters. The van der Waals surface area contributed by atoms with Crippen molar-refractivity contribution in [3.8, 4) is 0 Å². The zero-order chi connectivity index (χ0) is 18.0. The number of amides is 1. The van der Waals surface area contributed by atoms with Crippen LogP contribution in [0.25, 0.3) is 0 Å². The Balaban J connectivity index is 1.43. The van der Waals surface area contributed by atoms with E-state index in [0.29, 0.717) is 6.67 Å². The number of hydrogen-bond acceptors (Lipinski definition) is 3. The van der Waals surface area contributed by atoms with Crippen LogP contribution in [0.1, 0.15) is 24.0 Å². The van der Waals surface area contributed by atoms with E-state index in [2.05, 4.69) is 39.4 Å². The maximum Gasteiger partial charge on any atom is 0.241 e. The van der Waals surface area contributed by atoms with E-state index in [0.717, 1.165) is 44.0 Å². The summed E-state index contributed by atoms with van der Waals surface area (Å²) in [5.41, 5.74) is 2.15. The highest BCUT2D eigenvalue weighted by Crippen LogP contribution is 2.34. The van der Waals surface area contributed by atoms with Gasteiger partial charge < -0.3 is 5.32 Å². The molecule has 0 aliphatic carbocycles. The van der Waals surface area contributed by atoms with Crippen molar-refractivity contribution in [3.63, 3.8) is 0 Å². The van der Waals surface area contributed by atoms with Crippen molar-refractivity contribution in [2.24, 2.45) is 0 Å². The minimum absolute atomic E-state index is 0.186. The summed E-state index contributed by atoms with van der Waals surface area (Å²) in [5.74, 6) is 0.186. The molecule has 2 aliphatic rings. The number of carbonyl (C=O) groups excluding carboxylic acids is 1. The number of carbonyl (C=O) groups is 1. The minimum atomic E-state index is -0.368. The third kappa shape index (κ3) is 3.50. The van der Waals surface area contributed by atoms with Gasteiger partial charge in [-0.15, -0.1) is 0 Å². The molecule has 2 fully saturated rings. The summed E-state index contributed by atoms with van der Waals surface area (Å²) in [6.07, 6.45) is 1.75. The van der Waals surface area contributed by atoms with Gasteiger partial charge in [0.25, 0.3) is 0 Å². The van der Waals surface area contributed by atoms with E-state index in [-0.39, 0.29) is 11.4 Å². The van der Waals surface area contributed by atoms with Gasteiger partial charge in [-0.2, -0.15) is 0 Å². The van der Waals surface area contributed by atoms with Crippen molar-refractivity contribution in [3.05, 3.63) is 70.7 Å². The molecule has 0 unspecified atom stereocenters. The van der Waals surface area contributed by atoms with E-state index < -0.39 is 0 Å². The average Bonchev–Trinajstić information content (AvgIpc) is 2.96. The summed E-state index contributed by atoms with van der Waals surface area (Å²) >= 11 is 5.99. The quantitative estimate of drug-likeness (QED) is 0.898. The fraction of sp³-hybridized carbons (Fsp3) is 0.381. The van der Waals surface area contributed by atoms with Gasteiger partial charge in [-0.3, -0.25) is 14.6 Å². The van der Waals surface area contributed by atoms with Gasteiger partial charge >= 0.3 is 0 Å². The van der Waals surface area contributed by atoms with Gasteiger partial charge in [0.05, 0.1) is 6.67 Å². The molecular weight excluding hydrogens is 346 g/mol. The molecule has 2 aromatic rings. The molecular formula is C21H24ClN3O. The second-order valence-electron chi connectivity index (χ2n) is 7.28. The number of nitrogens with one attached hydrogen (secondary N) is 1.